The predicted molar refractivity (Wildman–Crippen MR) is 77.4 cm³/mol. The number of nitrogens with zero attached hydrogens (tertiary/aromatic N) is 2. The van der Waals surface area contributed by atoms with Crippen LogP contribution in [0.3, 0.4) is 0 Å². The van der Waals surface area contributed by atoms with E-state index in [4.69, 9.17) is 0 Å². The van der Waals surface area contributed by atoms with Crippen molar-refractivity contribution in [2.24, 2.45) is 0 Å². The minimum atomic E-state index is 0.899. The number of aryl methyl sites for hydroxylation is 1. The first-order valence-corrected chi connectivity index (χ1v) is 6.51. The van der Waals surface area contributed by atoms with Crippen LogP contribution in [-0.2, 0) is 0 Å². The quantitative estimate of drug-likeness (QED) is 0.667. The normalized spacial score (nSPS) is 10.8. The first kappa shape index (κ1) is 11.4. The molecule has 2 nitrogen and oxygen atoms in total. The van der Waals surface area contributed by atoms with Crippen LogP contribution in [0, 0.1) is 6.92 Å². The fourth-order valence-electron chi connectivity index (χ4n) is 1.99. The lowest BCUT2D eigenvalue weighted by molar-refractivity contribution is 1.29. The predicted octanol–water partition coefficient (Wildman–Crippen LogP) is 4.37. The largest absolute Gasteiger partial charge is 0.252 e. The van der Waals surface area contributed by atoms with Crippen LogP contribution in [0.15, 0.2) is 53.3 Å². The highest BCUT2D eigenvalue weighted by Gasteiger charge is 2.08. The summed E-state index contributed by atoms with van der Waals surface area (Å²) in [4.78, 5) is 8.82. The van der Waals surface area contributed by atoms with Crippen LogP contribution in [0.4, 0.5) is 0 Å². The second kappa shape index (κ2) is 4.50. The highest BCUT2D eigenvalue weighted by Crippen LogP contribution is 2.30. The Morgan fingerprint density at radius 3 is 2.22 bits per heavy atom. The molecule has 0 unspecified atom stereocenters. The molecule has 0 fully saturated rings. The molecule has 1 aromatic heterocycles. The van der Waals surface area contributed by atoms with Crippen molar-refractivity contribution in [3.8, 4) is 11.1 Å². The monoisotopic (exact) mass is 298 g/mol. The van der Waals surface area contributed by atoms with Gasteiger partial charge in [-0.05, 0) is 34.5 Å². The molecule has 0 spiro atoms. The Morgan fingerprint density at radius 1 is 0.833 bits per heavy atom. The highest BCUT2D eigenvalue weighted by molar-refractivity contribution is 9.10. The first-order chi connectivity index (χ1) is 8.75. The SMILES string of the molecule is Cc1ccc(-c2ccc(Br)c3nccnc23)cc1. The van der Waals surface area contributed by atoms with E-state index in [0.29, 0.717) is 0 Å². The van der Waals surface area contributed by atoms with E-state index < -0.39 is 0 Å². The summed E-state index contributed by atoms with van der Waals surface area (Å²) in [6, 6.07) is 12.6. The van der Waals surface area contributed by atoms with Crippen molar-refractivity contribution < 1.29 is 0 Å². The van der Waals surface area contributed by atoms with Gasteiger partial charge in [-0.15, -0.1) is 0 Å². The summed E-state index contributed by atoms with van der Waals surface area (Å²) >= 11 is 3.51. The van der Waals surface area contributed by atoms with E-state index >= 15 is 0 Å². The third-order valence-corrected chi connectivity index (χ3v) is 3.58. The molecule has 0 aliphatic rings. The van der Waals surface area contributed by atoms with Gasteiger partial charge >= 0.3 is 0 Å². The summed E-state index contributed by atoms with van der Waals surface area (Å²) < 4.78 is 0.974. The lowest BCUT2D eigenvalue weighted by Gasteiger charge is -2.07. The van der Waals surface area contributed by atoms with Crippen molar-refractivity contribution in [2.45, 2.75) is 6.92 Å². The van der Waals surface area contributed by atoms with Gasteiger partial charge in [0.1, 0.15) is 5.52 Å². The smallest absolute Gasteiger partial charge is 0.103 e. The molecule has 0 atom stereocenters. The topological polar surface area (TPSA) is 25.8 Å². The van der Waals surface area contributed by atoms with Gasteiger partial charge in [0.15, 0.2) is 0 Å². The Balaban J connectivity index is 2.30. The fraction of sp³-hybridized carbons (Fsp3) is 0.0667. The fourth-order valence-corrected chi connectivity index (χ4v) is 2.41. The Hall–Kier alpha value is -1.74. The molecule has 0 radical (unpaired) electrons. The molecule has 0 saturated carbocycles. The zero-order chi connectivity index (χ0) is 12.5. The first-order valence-electron chi connectivity index (χ1n) is 5.72. The summed E-state index contributed by atoms with van der Waals surface area (Å²) in [5.41, 5.74) is 5.36. The second-order valence-electron chi connectivity index (χ2n) is 4.21. The Kier molecular flexibility index (Phi) is 2.84. The zero-order valence-corrected chi connectivity index (χ0v) is 11.5. The highest BCUT2D eigenvalue weighted by atomic mass is 79.9. The molecule has 2 aromatic carbocycles. The van der Waals surface area contributed by atoms with Crippen molar-refractivity contribution in [2.75, 3.05) is 0 Å². The molecule has 0 amide bonds. The van der Waals surface area contributed by atoms with Crippen molar-refractivity contribution in [3.63, 3.8) is 0 Å². The third kappa shape index (κ3) is 1.91. The molecule has 3 rings (SSSR count). The summed E-state index contributed by atoms with van der Waals surface area (Å²) in [5.74, 6) is 0. The number of aromatic nitrogens is 2. The third-order valence-electron chi connectivity index (χ3n) is 2.94. The number of halogens is 1. The van der Waals surface area contributed by atoms with Gasteiger partial charge in [0.25, 0.3) is 0 Å². The molecule has 0 N–H and O–H groups in total. The molecule has 3 heteroatoms. The van der Waals surface area contributed by atoms with Crippen LogP contribution in [0.1, 0.15) is 5.56 Å². The zero-order valence-electron chi connectivity index (χ0n) is 9.89. The van der Waals surface area contributed by atoms with E-state index in [1.165, 1.54) is 11.1 Å². The van der Waals surface area contributed by atoms with Crippen molar-refractivity contribution in [1.29, 1.82) is 0 Å². The maximum Gasteiger partial charge on any atom is 0.103 e. The van der Waals surface area contributed by atoms with Crippen molar-refractivity contribution in [3.05, 3.63) is 58.8 Å². The van der Waals surface area contributed by atoms with Crippen LogP contribution in [0.25, 0.3) is 22.2 Å². The molecule has 3 aromatic rings. The maximum atomic E-state index is 4.45. The van der Waals surface area contributed by atoms with Crippen LogP contribution in [0.5, 0.6) is 0 Å². The average Bonchev–Trinajstić information content (AvgIpc) is 2.41. The lowest BCUT2D eigenvalue weighted by atomic mass is 10.0. The number of fused-ring (bicyclic) bond motifs is 1. The van der Waals surface area contributed by atoms with Crippen LogP contribution in [0.2, 0.25) is 0 Å². The number of hydrogen-bond donors (Lipinski definition) is 0. The molecule has 1 heterocycles. The van der Waals surface area contributed by atoms with Gasteiger partial charge in [0.05, 0.1) is 5.52 Å². The summed E-state index contributed by atoms with van der Waals surface area (Å²) in [5, 5.41) is 0. The van der Waals surface area contributed by atoms with E-state index in [-0.39, 0.29) is 0 Å². The Bertz CT molecular complexity index is 705. The number of hydrogen-bond acceptors (Lipinski definition) is 2. The van der Waals surface area contributed by atoms with Gasteiger partial charge in [0.2, 0.25) is 0 Å². The van der Waals surface area contributed by atoms with Gasteiger partial charge < -0.3 is 0 Å². The van der Waals surface area contributed by atoms with E-state index in [2.05, 4.69) is 63.2 Å². The standard InChI is InChI=1S/C15H11BrN2/c1-10-2-4-11(5-3-10)12-6-7-13(16)15-14(12)17-8-9-18-15/h2-9H,1H3. The average molecular weight is 299 g/mol. The van der Waals surface area contributed by atoms with Crippen LogP contribution in [-0.4, -0.2) is 9.97 Å². The minimum absolute atomic E-state index is 0.899. The van der Waals surface area contributed by atoms with Crippen molar-refractivity contribution in [1.82, 2.24) is 9.97 Å². The summed E-state index contributed by atoms with van der Waals surface area (Å²) in [6.45, 7) is 2.09. The number of rotatable bonds is 1. The Morgan fingerprint density at radius 2 is 1.50 bits per heavy atom. The van der Waals surface area contributed by atoms with Crippen LogP contribution < -0.4 is 0 Å². The maximum absolute atomic E-state index is 4.45. The molecule has 88 valence electrons. The van der Waals surface area contributed by atoms with Gasteiger partial charge in [-0.2, -0.15) is 0 Å². The van der Waals surface area contributed by atoms with Crippen molar-refractivity contribution >= 4 is 27.0 Å². The van der Waals surface area contributed by atoms with E-state index in [1.807, 2.05) is 6.07 Å². The van der Waals surface area contributed by atoms with E-state index in [1.54, 1.807) is 12.4 Å². The number of benzene rings is 2. The van der Waals surface area contributed by atoms with E-state index in [9.17, 15) is 0 Å². The minimum Gasteiger partial charge on any atom is -0.252 e. The molecule has 0 bridgehead atoms. The Labute approximate surface area is 114 Å². The van der Waals surface area contributed by atoms with Gasteiger partial charge in [-0.3, -0.25) is 9.97 Å². The second-order valence-corrected chi connectivity index (χ2v) is 5.07. The van der Waals surface area contributed by atoms with Gasteiger partial charge in [0, 0.05) is 22.4 Å². The molecule has 0 saturated heterocycles. The molecule has 0 aliphatic carbocycles. The molecule has 0 aliphatic heterocycles. The van der Waals surface area contributed by atoms with Crippen LogP contribution >= 0.6 is 15.9 Å². The summed E-state index contributed by atoms with van der Waals surface area (Å²) in [7, 11) is 0. The summed E-state index contributed by atoms with van der Waals surface area (Å²) in [6.07, 6.45) is 3.44. The van der Waals surface area contributed by atoms with Gasteiger partial charge in [-0.25, -0.2) is 0 Å². The molecule has 18 heavy (non-hydrogen) atoms. The lowest BCUT2D eigenvalue weighted by Crippen LogP contribution is -1.88. The molecular formula is C15H11BrN2. The van der Waals surface area contributed by atoms with E-state index in [0.717, 1.165) is 21.1 Å². The molecular weight excluding hydrogens is 288 g/mol. The van der Waals surface area contributed by atoms with Gasteiger partial charge in [-0.1, -0.05) is 35.9 Å².